The molecule has 1 aliphatic heterocycles. The van der Waals surface area contributed by atoms with Crippen LogP contribution in [0.5, 0.6) is 5.75 Å². The highest BCUT2D eigenvalue weighted by Crippen LogP contribution is 2.27. The van der Waals surface area contributed by atoms with Gasteiger partial charge in [-0.25, -0.2) is 0 Å². The van der Waals surface area contributed by atoms with Crippen molar-refractivity contribution in [3.05, 3.63) is 64.2 Å². The topological polar surface area (TPSA) is 116 Å². The van der Waals surface area contributed by atoms with E-state index in [9.17, 15) is 24.5 Å². The Bertz CT molecular complexity index is 956. The van der Waals surface area contributed by atoms with Crippen LogP contribution in [0.2, 0.25) is 0 Å². The second-order valence-electron chi connectivity index (χ2n) is 6.44. The average Bonchev–Trinajstić information content (AvgIpc) is 3.13. The number of amides is 1. The summed E-state index contributed by atoms with van der Waals surface area (Å²) in [5.41, 5.74) is 0.725. The fraction of sp³-hybridized carbons (Fsp3) is 0.250. The lowest BCUT2D eigenvalue weighted by Gasteiger charge is -2.16. The zero-order valence-electron chi connectivity index (χ0n) is 15.6. The summed E-state index contributed by atoms with van der Waals surface area (Å²) in [5.74, 6) is -1.51. The summed E-state index contributed by atoms with van der Waals surface area (Å²) >= 11 is 0. The molecule has 2 aromatic rings. The van der Waals surface area contributed by atoms with E-state index in [2.05, 4.69) is 0 Å². The molecular weight excluding hydrogens is 380 g/mol. The third kappa shape index (κ3) is 4.57. The molecule has 29 heavy (non-hydrogen) atoms. The van der Waals surface area contributed by atoms with Gasteiger partial charge in [0.15, 0.2) is 12.4 Å². The maximum atomic E-state index is 12.3. The maximum Gasteiger partial charge on any atom is 0.311 e. The number of nitro groups is 1. The molecule has 1 saturated heterocycles. The number of nitro benzene ring substituents is 1. The fourth-order valence-corrected chi connectivity index (χ4v) is 3.00. The Morgan fingerprint density at radius 3 is 2.59 bits per heavy atom. The molecule has 1 amide bonds. The Morgan fingerprint density at radius 1 is 1.21 bits per heavy atom. The summed E-state index contributed by atoms with van der Waals surface area (Å²) in [6, 6.07) is 12.0. The third-order valence-electron chi connectivity index (χ3n) is 4.57. The highest BCUT2D eigenvalue weighted by Gasteiger charge is 2.36. The normalized spacial score (nSPS) is 15.8. The lowest BCUT2D eigenvalue weighted by Crippen LogP contribution is -2.27. The number of Topliss-reactive ketones (excluding diaryl/α,β-unsaturated/α-hetero) is 1. The van der Waals surface area contributed by atoms with Crippen molar-refractivity contribution < 1.29 is 28.8 Å². The molecule has 1 atom stereocenters. The van der Waals surface area contributed by atoms with E-state index in [0.717, 1.165) is 0 Å². The number of hydrogen-bond donors (Lipinski definition) is 0. The number of carbonyl (C=O) groups is 3. The van der Waals surface area contributed by atoms with Crippen LogP contribution in [-0.4, -0.2) is 42.8 Å². The Balaban J connectivity index is 1.58. The third-order valence-corrected chi connectivity index (χ3v) is 4.57. The van der Waals surface area contributed by atoms with Gasteiger partial charge in [-0.3, -0.25) is 24.5 Å². The van der Waals surface area contributed by atoms with Crippen LogP contribution in [0.15, 0.2) is 48.5 Å². The van der Waals surface area contributed by atoms with E-state index in [1.54, 1.807) is 24.3 Å². The minimum atomic E-state index is -0.712. The van der Waals surface area contributed by atoms with Gasteiger partial charge in [0.05, 0.1) is 18.0 Å². The van der Waals surface area contributed by atoms with Crippen LogP contribution in [0.3, 0.4) is 0 Å². The standard InChI is InChI=1S/C20H18N2O7/c1-28-17-4-2-3-13(9-17)18(23)12-29-20(25)14-10-19(24)21(11-14)15-5-7-16(8-6-15)22(26)27/h2-9,14H,10-12H2,1H3/t14-/m0/s1. The first-order valence-corrected chi connectivity index (χ1v) is 8.77. The van der Waals surface area contributed by atoms with Gasteiger partial charge in [0.1, 0.15) is 5.75 Å². The summed E-state index contributed by atoms with van der Waals surface area (Å²) in [4.78, 5) is 48.3. The van der Waals surface area contributed by atoms with E-state index >= 15 is 0 Å². The predicted molar refractivity (Wildman–Crippen MR) is 102 cm³/mol. The van der Waals surface area contributed by atoms with Gasteiger partial charge in [0.2, 0.25) is 5.91 Å². The first-order valence-electron chi connectivity index (χ1n) is 8.77. The zero-order chi connectivity index (χ0) is 21.0. The molecule has 150 valence electrons. The number of rotatable bonds is 7. The summed E-state index contributed by atoms with van der Waals surface area (Å²) in [6.07, 6.45) is -0.0524. The Kier molecular flexibility index (Phi) is 5.87. The van der Waals surface area contributed by atoms with E-state index in [1.807, 2.05) is 0 Å². The smallest absolute Gasteiger partial charge is 0.311 e. The number of benzene rings is 2. The largest absolute Gasteiger partial charge is 0.497 e. The molecule has 3 rings (SSSR count). The molecule has 0 radical (unpaired) electrons. The second kappa shape index (κ2) is 8.51. The number of ether oxygens (including phenoxy) is 2. The number of non-ortho nitro benzene ring substituents is 1. The summed E-state index contributed by atoms with van der Waals surface area (Å²) in [5, 5.41) is 10.7. The number of methoxy groups -OCH3 is 1. The lowest BCUT2D eigenvalue weighted by atomic mass is 10.1. The van der Waals surface area contributed by atoms with Crippen molar-refractivity contribution in [2.45, 2.75) is 6.42 Å². The van der Waals surface area contributed by atoms with Gasteiger partial charge in [-0.1, -0.05) is 12.1 Å². The molecule has 0 saturated carbocycles. The maximum absolute atomic E-state index is 12.3. The molecule has 1 heterocycles. The van der Waals surface area contributed by atoms with Crippen molar-refractivity contribution in [3.63, 3.8) is 0 Å². The number of carbonyl (C=O) groups excluding carboxylic acids is 3. The van der Waals surface area contributed by atoms with Crippen molar-refractivity contribution in [1.82, 2.24) is 0 Å². The molecular formula is C20H18N2O7. The molecule has 9 heteroatoms. The van der Waals surface area contributed by atoms with Gasteiger partial charge >= 0.3 is 5.97 Å². The molecule has 0 unspecified atom stereocenters. The van der Waals surface area contributed by atoms with Crippen LogP contribution in [0.25, 0.3) is 0 Å². The molecule has 9 nitrogen and oxygen atoms in total. The van der Waals surface area contributed by atoms with Crippen molar-refractivity contribution in [1.29, 1.82) is 0 Å². The van der Waals surface area contributed by atoms with E-state index in [-0.39, 0.29) is 30.3 Å². The Hall–Kier alpha value is -3.75. The molecule has 0 spiro atoms. The molecule has 0 aliphatic carbocycles. The molecule has 0 aromatic heterocycles. The van der Waals surface area contributed by atoms with E-state index < -0.39 is 23.4 Å². The van der Waals surface area contributed by atoms with E-state index in [0.29, 0.717) is 17.0 Å². The van der Waals surface area contributed by atoms with Crippen LogP contribution in [0.1, 0.15) is 16.8 Å². The van der Waals surface area contributed by atoms with Crippen LogP contribution in [-0.2, 0) is 14.3 Å². The zero-order valence-corrected chi connectivity index (χ0v) is 15.6. The van der Waals surface area contributed by atoms with Gasteiger partial charge in [0, 0.05) is 36.3 Å². The SMILES string of the molecule is COc1cccc(C(=O)COC(=O)[C@H]2CC(=O)N(c3ccc([N+](=O)[O-])cc3)C2)c1. The van der Waals surface area contributed by atoms with Crippen LogP contribution in [0.4, 0.5) is 11.4 Å². The molecule has 2 aromatic carbocycles. The average molecular weight is 398 g/mol. The van der Waals surface area contributed by atoms with Crippen molar-refractivity contribution >= 4 is 29.0 Å². The minimum Gasteiger partial charge on any atom is -0.497 e. The summed E-state index contributed by atoms with van der Waals surface area (Å²) in [6.45, 7) is -0.350. The Morgan fingerprint density at radius 2 is 1.93 bits per heavy atom. The first-order chi connectivity index (χ1) is 13.9. The molecule has 1 fully saturated rings. The second-order valence-corrected chi connectivity index (χ2v) is 6.44. The number of anilines is 1. The van der Waals surface area contributed by atoms with Crippen molar-refractivity contribution in [3.8, 4) is 5.75 Å². The molecule has 0 bridgehead atoms. The summed E-state index contributed by atoms with van der Waals surface area (Å²) in [7, 11) is 1.48. The van der Waals surface area contributed by atoms with E-state index in [4.69, 9.17) is 9.47 Å². The van der Waals surface area contributed by atoms with Crippen molar-refractivity contribution in [2.24, 2.45) is 5.92 Å². The quantitative estimate of drug-likeness (QED) is 0.304. The van der Waals surface area contributed by atoms with Gasteiger partial charge in [-0.2, -0.15) is 0 Å². The van der Waals surface area contributed by atoms with Crippen LogP contribution in [0, 0.1) is 16.0 Å². The van der Waals surface area contributed by atoms with Gasteiger partial charge in [-0.15, -0.1) is 0 Å². The van der Waals surface area contributed by atoms with Gasteiger partial charge in [-0.05, 0) is 24.3 Å². The summed E-state index contributed by atoms with van der Waals surface area (Å²) < 4.78 is 10.2. The number of esters is 1. The first kappa shape index (κ1) is 20.0. The highest BCUT2D eigenvalue weighted by molar-refractivity contribution is 6.01. The number of hydrogen-bond acceptors (Lipinski definition) is 7. The lowest BCUT2D eigenvalue weighted by molar-refractivity contribution is -0.384. The molecule has 0 N–H and O–H groups in total. The fourth-order valence-electron chi connectivity index (χ4n) is 3.00. The Labute approximate surface area is 166 Å². The number of ketones is 1. The molecule has 1 aliphatic rings. The number of nitrogens with zero attached hydrogens (tertiary/aromatic N) is 2. The monoisotopic (exact) mass is 398 g/mol. The van der Waals surface area contributed by atoms with E-state index in [1.165, 1.54) is 36.3 Å². The highest BCUT2D eigenvalue weighted by atomic mass is 16.6. The minimum absolute atomic E-state index is 0.0524. The predicted octanol–water partition coefficient (Wildman–Crippen LogP) is 2.38. The van der Waals surface area contributed by atoms with Crippen LogP contribution >= 0.6 is 0 Å². The van der Waals surface area contributed by atoms with Crippen molar-refractivity contribution in [2.75, 3.05) is 25.2 Å². The van der Waals surface area contributed by atoms with Gasteiger partial charge < -0.3 is 14.4 Å². The van der Waals surface area contributed by atoms with Crippen LogP contribution < -0.4 is 9.64 Å². The van der Waals surface area contributed by atoms with Gasteiger partial charge in [0.25, 0.3) is 5.69 Å².